The topological polar surface area (TPSA) is 84.7 Å². The summed E-state index contributed by atoms with van der Waals surface area (Å²) in [7, 11) is 0. The van der Waals surface area contributed by atoms with Crippen LogP contribution in [0.25, 0.3) is 0 Å². The lowest BCUT2D eigenvalue weighted by Crippen LogP contribution is -2.48. The van der Waals surface area contributed by atoms with Crippen LogP contribution in [0.2, 0.25) is 0 Å². The Balaban J connectivity index is 1.66. The summed E-state index contributed by atoms with van der Waals surface area (Å²) in [6.07, 6.45) is 2.86. The number of nitrogens with zero attached hydrogens (tertiary/aromatic N) is 1. The van der Waals surface area contributed by atoms with Crippen LogP contribution in [0.1, 0.15) is 37.3 Å². The highest BCUT2D eigenvalue weighted by molar-refractivity contribution is 5.78. The lowest BCUT2D eigenvalue weighted by atomic mass is 9.96. The highest BCUT2D eigenvalue weighted by atomic mass is 19.1. The Bertz CT molecular complexity index is 608. The van der Waals surface area contributed by atoms with Crippen LogP contribution in [0.4, 0.5) is 9.18 Å². The normalized spacial score (nSPS) is 22.6. The summed E-state index contributed by atoms with van der Waals surface area (Å²) in [5.74, 6) is -0.770. The third-order valence-corrected chi connectivity index (χ3v) is 5.03. The molecule has 0 aliphatic carbocycles. The number of primary amides is 1. The predicted molar refractivity (Wildman–Crippen MR) is 90.1 cm³/mol. The number of nitrogens with two attached hydrogens (primary N) is 1. The van der Waals surface area contributed by atoms with Gasteiger partial charge in [0, 0.05) is 25.6 Å². The second-order valence-electron chi connectivity index (χ2n) is 6.69. The molecule has 25 heavy (non-hydrogen) atoms. The molecule has 0 spiro atoms. The molecule has 3 rings (SSSR count). The number of carbonyl (C=O) groups is 2. The van der Waals surface area contributed by atoms with Gasteiger partial charge in [0.15, 0.2) is 0 Å². The minimum Gasteiger partial charge on any atom is -0.376 e. The fourth-order valence-electron chi connectivity index (χ4n) is 3.52. The number of amides is 3. The molecule has 2 saturated heterocycles. The Labute approximate surface area is 146 Å². The maximum absolute atomic E-state index is 13.2. The van der Waals surface area contributed by atoms with Gasteiger partial charge in [-0.15, -0.1) is 0 Å². The third kappa shape index (κ3) is 4.28. The first-order valence-electron chi connectivity index (χ1n) is 8.76. The zero-order chi connectivity index (χ0) is 17.8. The summed E-state index contributed by atoms with van der Waals surface area (Å²) in [5, 5.41) is 3.03. The molecule has 3 amide bonds. The largest absolute Gasteiger partial charge is 0.376 e. The van der Waals surface area contributed by atoms with Gasteiger partial charge in [-0.1, -0.05) is 12.1 Å². The van der Waals surface area contributed by atoms with E-state index in [1.165, 1.54) is 12.1 Å². The number of rotatable bonds is 4. The molecule has 1 aromatic carbocycles. The maximum Gasteiger partial charge on any atom is 0.317 e. The summed E-state index contributed by atoms with van der Waals surface area (Å²) in [6.45, 7) is 1.67. The molecule has 2 heterocycles. The van der Waals surface area contributed by atoms with Crippen molar-refractivity contribution in [1.29, 1.82) is 0 Å². The average Bonchev–Trinajstić information content (AvgIpc) is 3.15. The van der Waals surface area contributed by atoms with Crippen molar-refractivity contribution in [2.24, 2.45) is 11.7 Å². The number of hydrogen-bond acceptors (Lipinski definition) is 3. The van der Waals surface area contributed by atoms with E-state index in [-0.39, 0.29) is 35.8 Å². The molecule has 2 atom stereocenters. The van der Waals surface area contributed by atoms with Crippen molar-refractivity contribution in [3.8, 4) is 0 Å². The fourth-order valence-corrected chi connectivity index (χ4v) is 3.52. The average molecular weight is 349 g/mol. The summed E-state index contributed by atoms with van der Waals surface area (Å²) in [5.41, 5.74) is 6.16. The van der Waals surface area contributed by atoms with Crippen LogP contribution in [0.3, 0.4) is 0 Å². The van der Waals surface area contributed by atoms with Crippen LogP contribution in [-0.4, -0.2) is 42.6 Å². The summed E-state index contributed by atoms with van der Waals surface area (Å²) in [6, 6.07) is 5.64. The predicted octanol–water partition coefficient (Wildman–Crippen LogP) is 1.95. The molecule has 2 aliphatic heterocycles. The van der Waals surface area contributed by atoms with Crippen molar-refractivity contribution in [2.45, 2.75) is 37.8 Å². The molecule has 0 bridgehead atoms. The van der Waals surface area contributed by atoms with Crippen molar-refractivity contribution in [3.05, 3.63) is 35.6 Å². The van der Waals surface area contributed by atoms with E-state index in [0.717, 1.165) is 18.4 Å². The molecule has 1 aromatic rings. The van der Waals surface area contributed by atoms with Crippen molar-refractivity contribution < 1.29 is 18.7 Å². The van der Waals surface area contributed by atoms with Crippen molar-refractivity contribution in [1.82, 2.24) is 10.2 Å². The molecule has 3 N–H and O–H groups in total. The first-order valence-corrected chi connectivity index (χ1v) is 8.76. The first-order chi connectivity index (χ1) is 12.0. The number of halogens is 1. The zero-order valence-electron chi connectivity index (χ0n) is 14.1. The van der Waals surface area contributed by atoms with E-state index >= 15 is 0 Å². The van der Waals surface area contributed by atoms with E-state index in [4.69, 9.17) is 10.5 Å². The number of nitrogens with one attached hydrogen (secondary N) is 1. The van der Waals surface area contributed by atoms with Gasteiger partial charge < -0.3 is 20.7 Å². The third-order valence-electron chi connectivity index (χ3n) is 5.03. The maximum atomic E-state index is 13.2. The molecule has 0 radical (unpaired) electrons. The zero-order valence-corrected chi connectivity index (χ0v) is 14.1. The van der Waals surface area contributed by atoms with Gasteiger partial charge in [-0.3, -0.25) is 4.79 Å². The van der Waals surface area contributed by atoms with Crippen LogP contribution >= 0.6 is 0 Å². The number of likely N-dealkylation sites (tertiary alicyclic amines) is 1. The molecule has 0 unspecified atom stereocenters. The van der Waals surface area contributed by atoms with Gasteiger partial charge in [0.1, 0.15) is 5.82 Å². The van der Waals surface area contributed by atoms with E-state index in [2.05, 4.69) is 5.32 Å². The van der Waals surface area contributed by atoms with E-state index in [0.29, 0.717) is 32.5 Å². The molecule has 7 heteroatoms. The molecule has 0 aromatic heterocycles. The molecule has 2 fully saturated rings. The van der Waals surface area contributed by atoms with Gasteiger partial charge in [-0.25, -0.2) is 9.18 Å². The summed E-state index contributed by atoms with van der Waals surface area (Å²) >= 11 is 0. The van der Waals surface area contributed by atoms with Crippen LogP contribution in [0.15, 0.2) is 24.3 Å². The highest BCUT2D eigenvalue weighted by Crippen LogP contribution is 2.28. The number of ether oxygens (including phenoxy) is 1. The van der Waals surface area contributed by atoms with E-state index < -0.39 is 0 Å². The molecule has 0 saturated carbocycles. The SMILES string of the molecule is NC(=O)C1CCN(C(=O)N[C@@H](c2ccc(F)cc2)[C@H]2CCCO2)CC1. The van der Waals surface area contributed by atoms with Gasteiger partial charge in [-0.05, 0) is 43.4 Å². The lowest BCUT2D eigenvalue weighted by molar-refractivity contribution is -0.123. The van der Waals surface area contributed by atoms with Gasteiger partial charge in [-0.2, -0.15) is 0 Å². The Morgan fingerprint density at radius 2 is 1.88 bits per heavy atom. The molecule has 136 valence electrons. The molecule has 2 aliphatic rings. The Hall–Kier alpha value is -2.15. The second kappa shape index (κ2) is 7.82. The Kier molecular flexibility index (Phi) is 5.53. The van der Waals surface area contributed by atoms with Crippen LogP contribution in [0.5, 0.6) is 0 Å². The number of carbonyl (C=O) groups excluding carboxylic acids is 2. The number of hydrogen-bond donors (Lipinski definition) is 2. The van der Waals surface area contributed by atoms with Crippen LogP contribution in [0, 0.1) is 11.7 Å². The second-order valence-corrected chi connectivity index (χ2v) is 6.69. The summed E-state index contributed by atoms with van der Waals surface area (Å²) in [4.78, 5) is 25.6. The van der Waals surface area contributed by atoms with Crippen molar-refractivity contribution in [2.75, 3.05) is 19.7 Å². The number of urea groups is 1. The molecular formula is C18H24FN3O3. The van der Waals surface area contributed by atoms with Crippen molar-refractivity contribution in [3.63, 3.8) is 0 Å². The number of piperidine rings is 1. The lowest BCUT2D eigenvalue weighted by Gasteiger charge is -2.33. The van der Waals surface area contributed by atoms with Crippen LogP contribution < -0.4 is 11.1 Å². The standard InChI is InChI=1S/C18H24FN3O3/c19-14-5-3-12(4-6-14)16(15-2-1-11-25-15)21-18(24)22-9-7-13(8-10-22)17(20)23/h3-6,13,15-16H,1-2,7-11H2,(H2,20,23)(H,21,24)/t15-,16+/m1/s1. The molecular weight excluding hydrogens is 325 g/mol. The Morgan fingerprint density at radius 1 is 1.20 bits per heavy atom. The first kappa shape index (κ1) is 17.7. The Morgan fingerprint density at radius 3 is 2.44 bits per heavy atom. The monoisotopic (exact) mass is 349 g/mol. The highest BCUT2D eigenvalue weighted by Gasteiger charge is 2.32. The van der Waals surface area contributed by atoms with E-state index in [1.807, 2.05) is 0 Å². The fraction of sp³-hybridized carbons (Fsp3) is 0.556. The smallest absolute Gasteiger partial charge is 0.317 e. The summed E-state index contributed by atoms with van der Waals surface area (Å²) < 4.78 is 19.0. The number of benzene rings is 1. The van der Waals surface area contributed by atoms with Gasteiger partial charge >= 0.3 is 6.03 Å². The van der Waals surface area contributed by atoms with Gasteiger partial charge in [0.2, 0.25) is 5.91 Å². The van der Waals surface area contributed by atoms with Gasteiger partial charge in [0.05, 0.1) is 12.1 Å². The quantitative estimate of drug-likeness (QED) is 0.871. The molecule has 6 nitrogen and oxygen atoms in total. The minimum atomic E-state index is -0.315. The minimum absolute atomic E-state index is 0.113. The van der Waals surface area contributed by atoms with Crippen molar-refractivity contribution >= 4 is 11.9 Å². The van der Waals surface area contributed by atoms with E-state index in [9.17, 15) is 14.0 Å². The van der Waals surface area contributed by atoms with Gasteiger partial charge in [0.25, 0.3) is 0 Å². The van der Waals surface area contributed by atoms with Crippen LogP contribution in [-0.2, 0) is 9.53 Å². The van der Waals surface area contributed by atoms with E-state index in [1.54, 1.807) is 17.0 Å².